The molecule has 1 atom stereocenters. The molecule has 0 spiro atoms. The third-order valence-corrected chi connectivity index (χ3v) is 3.44. The van der Waals surface area contributed by atoms with E-state index in [1.165, 1.54) is 6.42 Å². The first-order chi connectivity index (χ1) is 6.84. The highest BCUT2D eigenvalue weighted by atomic mass is 32.2. The summed E-state index contributed by atoms with van der Waals surface area (Å²) in [5.41, 5.74) is 0. The molecule has 2 aliphatic rings. The van der Waals surface area contributed by atoms with E-state index in [0.717, 1.165) is 30.6 Å². The standard InChI is InChI=1S/C9H15N3OS/c13-8-4-7(5-11-8)6-12-9-10-2-1-3-14-9/h7H,1-6H2,(H,10,12)(H,11,13). The predicted octanol–water partition coefficient (Wildman–Crippen LogP) is 0.205. The first-order valence-electron chi connectivity index (χ1n) is 5.02. The first kappa shape index (κ1) is 9.83. The number of aliphatic imine (C=N–C) groups is 1. The van der Waals surface area contributed by atoms with E-state index in [2.05, 4.69) is 15.6 Å². The van der Waals surface area contributed by atoms with Gasteiger partial charge in [0.05, 0.1) is 0 Å². The van der Waals surface area contributed by atoms with Crippen molar-refractivity contribution in [2.45, 2.75) is 12.8 Å². The predicted molar refractivity (Wildman–Crippen MR) is 58.5 cm³/mol. The maximum Gasteiger partial charge on any atom is 0.220 e. The van der Waals surface area contributed by atoms with E-state index < -0.39 is 0 Å². The minimum Gasteiger partial charge on any atom is -0.365 e. The normalized spacial score (nSPS) is 27.0. The van der Waals surface area contributed by atoms with Crippen molar-refractivity contribution in [1.29, 1.82) is 0 Å². The average molecular weight is 213 g/mol. The molecule has 0 radical (unpaired) electrons. The van der Waals surface area contributed by atoms with Crippen molar-refractivity contribution in [1.82, 2.24) is 10.6 Å². The second-order valence-electron chi connectivity index (χ2n) is 3.64. The summed E-state index contributed by atoms with van der Waals surface area (Å²) in [6.45, 7) is 2.62. The maximum atomic E-state index is 10.9. The van der Waals surface area contributed by atoms with Crippen LogP contribution < -0.4 is 10.6 Å². The molecule has 2 heterocycles. The number of nitrogens with zero attached hydrogens (tertiary/aromatic N) is 1. The monoisotopic (exact) mass is 213 g/mol. The van der Waals surface area contributed by atoms with Crippen LogP contribution >= 0.6 is 11.8 Å². The Hall–Kier alpha value is -0.710. The van der Waals surface area contributed by atoms with E-state index in [9.17, 15) is 4.79 Å². The Morgan fingerprint density at radius 2 is 2.57 bits per heavy atom. The number of nitrogens with one attached hydrogen (secondary N) is 2. The molecule has 1 saturated heterocycles. The lowest BCUT2D eigenvalue weighted by Crippen LogP contribution is -2.30. The summed E-state index contributed by atoms with van der Waals surface area (Å²) in [5, 5.41) is 7.19. The van der Waals surface area contributed by atoms with Gasteiger partial charge in [-0.15, -0.1) is 0 Å². The van der Waals surface area contributed by atoms with Gasteiger partial charge in [-0.1, -0.05) is 11.8 Å². The maximum absolute atomic E-state index is 10.9. The van der Waals surface area contributed by atoms with Crippen molar-refractivity contribution in [3.63, 3.8) is 0 Å². The molecular formula is C9H15N3OS. The molecule has 4 nitrogen and oxygen atoms in total. The van der Waals surface area contributed by atoms with Gasteiger partial charge in [-0.3, -0.25) is 9.79 Å². The Bertz CT molecular complexity index is 254. The molecule has 2 aliphatic heterocycles. The van der Waals surface area contributed by atoms with Crippen LogP contribution in [0.3, 0.4) is 0 Å². The van der Waals surface area contributed by atoms with E-state index in [1.807, 2.05) is 0 Å². The molecule has 0 saturated carbocycles. The van der Waals surface area contributed by atoms with E-state index in [0.29, 0.717) is 12.3 Å². The lowest BCUT2D eigenvalue weighted by atomic mass is 10.1. The number of carbonyl (C=O) groups excluding carboxylic acids is 1. The average Bonchev–Trinajstić information content (AvgIpc) is 2.63. The van der Waals surface area contributed by atoms with Crippen LogP contribution in [0.5, 0.6) is 0 Å². The largest absolute Gasteiger partial charge is 0.365 e. The second kappa shape index (κ2) is 4.68. The Morgan fingerprint density at radius 1 is 1.64 bits per heavy atom. The van der Waals surface area contributed by atoms with Gasteiger partial charge in [0.25, 0.3) is 0 Å². The minimum absolute atomic E-state index is 0.176. The fourth-order valence-electron chi connectivity index (χ4n) is 1.61. The zero-order valence-corrected chi connectivity index (χ0v) is 8.90. The van der Waals surface area contributed by atoms with E-state index >= 15 is 0 Å². The highest BCUT2D eigenvalue weighted by Gasteiger charge is 2.21. The van der Waals surface area contributed by atoms with Crippen LogP contribution in [0.1, 0.15) is 12.8 Å². The molecular weight excluding hydrogens is 198 g/mol. The van der Waals surface area contributed by atoms with Crippen molar-refractivity contribution < 1.29 is 4.79 Å². The van der Waals surface area contributed by atoms with E-state index in [4.69, 9.17) is 0 Å². The molecule has 1 unspecified atom stereocenters. The topological polar surface area (TPSA) is 53.5 Å². The van der Waals surface area contributed by atoms with Crippen LogP contribution in [-0.2, 0) is 4.79 Å². The number of carbonyl (C=O) groups is 1. The van der Waals surface area contributed by atoms with Crippen LogP contribution in [-0.4, -0.2) is 36.5 Å². The molecule has 5 heteroatoms. The van der Waals surface area contributed by atoms with E-state index in [1.54, 1.807) is 11.8 Å². The van der Waals surface area contributed by atoms with Crippen LogP contribution in [0, 0.1) is 5.92 Å². The molecule has 0 aliphatic carbocycles. The fraction of sp³-hybridized carbons (Fsp3) is 0.778. The van der Waals surface area contributed by atoms with Gasteiger partial charge in [0, 0.05) is 37.7 Å². The summed E-state index contributed by atoms with van der Waals surface area (Å²) in [5.74, 6) is 1.77. The van der Waals surface area contributed by atoms with Crippen LogP contribution in [0.4, 0.5) is 0 Å². The summed E-state index contributed by atoms with van der Waals surface area (Å²) in [6, 6.07) is 0. The molecule has 0 bridgehead atoms. The Labute approximate surface area is 87.9 Å². The molecule has 0 aromatic carbocycles. The van der Waals surface area contributed by atoms with Crippen LogP contribution in [0.2, 0.25) is 0 Å². The van der Waals surface area contributed by atoms with Crippen molar-refractivity contribution >= 4 is 22.8 Å². The van der Waals surface area contributed by atoms with Crippen molar-refractivity contribution in [2.75, 3.05) is 25.4 Å². The van der Waals surface area contributed by atoms with Gasteiger partial charge in [0.1, 0.15) is 0 Å². The highest BCUT2D eigenvalue weighted by molar-refractivity contribution is 8.13. The zero-order valence-electron chi connectivity index (χ0n) is 8.08. The number of amidine groups is 1. The third kappa shape index (κ3) is 2.64. The summed E-state index contributed by atoms with van der Waals surface area (Å²) in [4.78, 5) is 15.3. The molecule has 0 aromatic rings. The lowest BCUT2D eigenvalue weighted by Gasteiger charge is -2.15. The minimum atomic E-state index is 0.176. The Balaban J connectivity index is 1.71. The van der Waals surface area contributed by atoms with Gasteiger partial charge in [0.15, 0.2) is 5.17 Å². The van der Waals surface area contributed by atoms with Gasteiger partial charge in [-0.2, -0.15) is 0 Å². The zero-order chi connectivity index (χ0) is 9.80. The van der Waals surface area contributed by atoms with Gasteiger partial charge >= 0.3 is 0 Å². The summed E-state index contributed by atoms with van der Waals surface area (Å²) < 4.78 is 0. The van der Waals surface area contributed by atoms with E-state index in [-0.39, 0.29) is 5.91 Å². The third-order valence-electron chi connectivity index (χ3n) is 2.40. The molecule has 78 valence electrons. The molecule has 14 heavy (non-hydrogen) atoms. The molecule has 2 rings (SSSR count). The number of hydrogen-bond donors (Lipinski definition) is 2. The number of rotatable bonds is 2. The number of hydrogen-bond acceptors (Lipinski definition) is 4. The number of thioether (sulfide) groups is 1. The highest BCUT2D eigenvalue weighted by Crippen LogP contribution is 2.12. The lowest BCUT2D eigenvalue weighted by molar-refractivity contribution is -0.119. The quantitative estimate of drug-likeness (QED) is 0.689. The smallest absolute Gasteiger partial charge is 0.220 e. The number of amides is 1. The molecule has 2 N–H and O–H groups in total. The SMILES string of the molecule is O=C1CC(CNC2=NCCCS2)CN1. The van der Waals surface area contributed by atoms with Crippen molar-refractivity contribution in [3.05, 3.63) is 0 Å². The molecule has 0 aromatic heterocycles. The molecule has 1 amide bonds. The van der Waals surface area contributed by atoms with Gasteiger partial charge in [0.2, 0.25) is 5.91 Å². The summed E-state index contributed by atoms with van der Waals surface area (Å²) in [6.07, 6.45) is 1.84. The first-order valence-corrected chi connectivity index (χ1v) is 6.01. The van der Waals surface area contributed by atoms with Crippen molar-refractivity contribution in [3.8, 4) is 0 Å². The van der Waals surface area contributed by atoms with Crippen LogP contribution in [0.25, 0.3) is 0 Å². The Morgan fingerprint density at radius 3 is 3.21 bits per heavy atom. The van der Waals surface area contributed by atoms with Gasteiger partial charge in [-0.25, -0.2) is 0 Å². The molecule has 1 fully saturated rings. The summed E-state index contributed by atoms with van der Waals surface area (Å²) >= 11 is 1.78. The van der Waals surface area contributed by atoms with Gasteiger partial charge in [-0.05, 0) is 6.42 Å². The van der Waals surface area contributed by atoms with Gasteiger partial charge < -0.3 is 10.6 Å². The Kier molecular flexibility index (Phi) is 3.29. The van der Waals surface area contributed by atoms with Crippen LogP contribution in [0.15, 0.2) is 4.99 Å². The van der Waals surface area contributed by atoms with Crippen molar-refractivity contribution in [2.24, 2.45) is 10.9 Å². The second-order valence-corrected chi connectivity index (χ2v) is 4.73. The fourth-order valence-corrected chi connectivity index (χ4v) is 2.44. The summed E-state index contributed by atoms with van der Waals surface area (Å²) in [7, 11) is 0.